The van der Waals surface area contributed by atoms with Crippen molar-refractivity contribution in [3.63, 3.8) is 0 Å². The Balaban J connectivity index is 2.25. The van der Waals surface area contributed by atoms with Crippen molar-refractivity contribution < 1.29 is 4.74 Å². The van der Waals surface area contributed by atoms with Gasteiger partial charge in [-0.2, -0.15) is 0 Å². The third-order valence-electron chi connectivity index (χ3n) is 2.96. The summed E-state index contributed by atoms with van der Waals surface area (Å²) in [4.78, 5) is 4.54. The highest BCUT2D eigenvalue weighted by Crippen LogP contribution is 2.31. The second-order valence-electron chi connectivity index (χ2n) is 4.62. The molecule has 0 atom stereocenters. The van der Waals surface area contributed by atoms with Gasteiger partial charge in [-0.15, -0.1) is 0 Å². The molecule has 112 valence electrons. The Labute approximate surface area is 142 Å². The van der Waals surface area contributed by atoms with Crippen LogP contribution in [-0.2, 0) is 13.0 Å². The van der Waals surface area contributed by atoms with Crippen LogP contribution in [0.25, 0.3) is 0 Å². The van der Waals surface area contributed by atoms with Crippen LogP contribution in [0.2, 0.25) is 0 Å². The average Bonchev–Trinajstić information content (AvgIpc) is 2.48. The summed E-state index contributed by atoms with van der Waals surface area (Å²) in [5, 5.41) is 3.33. The molecular formula is C16H18Br2N2O. The minimum absolute atomic E-state index is 0.630. The molecule has 2 rings (SSSR count). The Morgan fingerprint density at radius 2 is 1.95 bits per heavy atom. The first-order valence-electron chi connectivity index (χ1n) is 6.95. The fourth-order valence-electron chi connectivity index (χ4n) is 1.90. The number of nitrogens with zero attached hydrogens (tertiary/aromatic N) is 1. The number of benzene rings is 1. The number of nitrogens with one attached hydrogen (secondary N) is 1. The van der Waals surface area contributed by atoms with Gasteiger partial charge in [-0.25, -0.2) is 4.98 Å². The summed E-state index contributed by atoms with van der Waals surface area (Å²) in [6, 6.07) is 9.92. The molecule has 0 spiro atoms. The topological polar surface area (TPSA) is 34.2 Å². The normalized spacial score (nSPS) is 10.7. The van der Waals surface area contributed by atoms with Gasteiger partial charge < -0.3 is 10.1 Å². The fourth-order valence-corrected chi connectivity index (χ4v) is 3.02. The van der Waals surface area contributed by atoms with Gasteiger partial charge in [-0.1, -0.05) is 29.8 Å². The molecule has 0 saturated carbocycles. The molecule has 0 saturated heterocycles. The third-order valence-corrected chi connectivity index (χ3v) is 4.08. The first-order chi connectivity index (χ1) is 10.1. The smallest absolute Gasteiger partial charge is 0.219 e. The summed E-state index contributed by atoms with van der Waals surface area (Å²) in [6.07, 6.45) is 0.887. The Morgan fingerprint density at radius 1 is 1.14 bits per heavy atom. The van der Waals surface area contributed by atoms with Crippen molar-refractivity contribution in [2.24, 2.45) is 0 Å². The molecule has 1 aromatic carbocycles. The molecule has 0 aliphatic rings. The van der Waals surface area contributed by atoms with E-state index in [0.717, 1.165) is 39.9 Å². The summed E-state index contributed by atoms with van der Waals surface area (Å²) in [7, 11) is 0. The van der Waals surface area contributed by atoms with Crippen LogP contribution in [0.15, 0.2) is 39.3 Å². The van der Waals surface area contributed by atoms with Gasteiger partial charge >= 0.3 is 0 Å². The number of aryl methyl sites for hydroxylation is 1. The summed E-state index contributed by atoms with van der Waals surface area (Å²) >= 11 is 6.94. The van der Waals surface area contributed by atoms with E-state index in [9.17, 15) is 0 Å². The molecule has 1 aromatic heterocycles. The number of halogens is 2. The first-order valence-corrected chi connectivity index (χ1v) is 8.54. The van der Waals surface area contributed by atoms with Crippen LogP contribution in [0.4, 0.5) is 0 Å². The molecule has 0 bridgehead atoms. The van der Waals surface area contributed by atoms with Gasteiger partial charge in [0.15, 0.2) is 0 Å². The molecule has 0 fully saturated rings. The van der Waals surface area contributed by atoms with E-state index in [1.165, 1.54) is 5.56 Å². The van der Waals surface area contributed by atoms with Gasteiger partial charge in [0.25, 0.3) is 0 Å². The molecule has 5 heteroatoms. The van der Waals surface area contributed by atoms with E-state index in [2.05, 4.69) is 62.1 Å². The Kier molecular flexibility index (Phi) is 6.21. The molecule has 2 aromatic rings. The highest BCUT2D eigenvalue weighted by atomic mass is 79.9. The average molecular weight is 414 g/mol. The second-order valence-corrected chi connectivity index (χ2v) is 6.39. The number of rotatable bonds is 6. The van der Waals surface area contributed by atoms with Gasteiger partial charge in [0.05, 0.1) is 4.47 Å². The van der Waals surface area contributed by atoms with E-state index >= 15 is 0 Å². The SMILES string of the molecule is CCNCc1cc(CC)nc(Oc2ccc(Br)cc2Br)c1. The minimum Gasteiger partial charge on any atom is -0.438 e. The summed E-state index contributed by atoms with van der Waals surface area (Å²) in [5.41, 5.74) is 2.22. The van der Waals surface area contributed by atoms with Crippen molar-refractivity contribution in [1.82, 2.24) is 10.3 Å². The maximum Gasteiger partial charge on any atom is 0.219 e. The van der Waals surface area contributed by atoms with Crippen LogP contribution < -0.4 is 10.1 Å². The number of hydrogen-bond acceptors (Lipinski definition) is 3. The summed E-state index contributed by atoms with van der Waals surface area (Å²) in [5.74, 6) is 1.39. The molecule has 0 aliphatic carbocycles. The van der Waals surface area contributed by atoms with Crippen LogP contribution in [-0.4, -0.2) is 11.5 Å². The molecule has 1 N–H and O–H groups in total. The van der Waals surface area contributed by atoms with E-state index in [1.54, 1.807) is 0 Å². The summed E-state index contributed by atoms with van der Waals surface area (Å²) in [6.45, 7) is 5.96. The van der Waals surface area contributed by atoms with E-state index < -0.39 is 0 Å². The van der Waals surface area contributed by atoms with Crippen molar-refractivity contribution in [2.45, 2.75) is 26.8 Å². The van der Waals surface area contributed by atoms with E-state index in [4.69, 9.17) is 4.74 Å². The Hall–Kier alpha value is -0.910. The molecule has 0 amide bonds. The predicted molar refractivity (Wildman–Crippen MR) is 92.9 cm³/mol. The molecule has 21 heavy (non-hydrogen) atoms. The Bertz CT molecular complexity index is 617. The van der Waals surface area contributed by atoms with Crippen molar-refractivity contribution in [2.75, 3.05) is 6.54 Å². The molecule has 0 aliphatic heterocycles. The molecule has 1 heterocycles. The lowest BCUT2D eigenvalue weighted by atomic mass is 10.2. The second kappa shape index (κ2) is 7.92. The van der Waals surface area contributed by atoms with Crippen molar-refractivity contribution in [3.05, 3.63) is 50.5 Å². The predicted octanol–water partition coefficient (Wildman–Crippen LogP) is 5.07. The van der Waals surface area contributed by atoms with Crippen LogP contribution >= 0.6 is 31.9 Å². The lowest BCUT2D eigenvalue weighted by Crippen LogP contribution is -2.12. The third kappa shape index (κ3) is 4.80. The zero-order valence-corrected chi connectivity index (χ0v) is 15.3. The maximum atomic E-state index is 5.92. The number of ether oxygens (including phenoxy) is 1. The number of hydrogen-bond donors (Lipinski definition) is 1. The van der Waals surface area contributed by atoms with Crippen LogP contribution in [0.1, 0.15) is 25.1 Å². The van der Waals surface area contributed by atoms with Crippen LogP contribution in [0.5, 0.6) is 11.6 Å². The monoisotopic (exact) mass is 412 g/mol. The highest BCUT2D eigenvalue weighted by Gasteiger charge is 2.07. The number of pyridine rings is 1. The molecule has 0 unspecified atom stereocenters. The van der Waals surface area contributed by atoms with E-state index in [0.29, 0.717) is 5.88 Å². The van der Waals surface area contributed by atoms with Crippen LogP contribution in [0, 0.1) is 0 Å². The van der Waals surface area contributed by atoms with Gasteiger partial charge in [-0.3, -0.25) is 0 Å². The quantitative estimate of drug-likeness (QED) is 0.717. The van der Waals surface area contributed by atoms with Crippen molar-refractivity contribution >= 4 is 31.9 Å². The van der Waals surface area contributed by atoms with Gasteiger partial charge in [0.1, 0.15) is 5.75 Å². The van der Waals surface area contributed by atoms with Gasteiger partial charge in [0, 0.05) is 22.8 Å². The Morgan fingerprint density at radius 3 is 2.62 bits per heavy atom. The van der Waals surface area contributed by atoms with Gasteiger partial charge in [-0.05, 0) is 58.7 Å². The lowest BCUT2D eigenvalue weighted by Gasteiger charge is -2.11. The largest absolute Gasteiger partial charge is 0.438 e. The zero-order chi connectivity index (χ0) is 15.2. The molecule has 0 radical (unpaired) electrons. The fraction of sp³-hybridized carbons (Fsp3) is 0.312. The standard InChI is InChI=1S/C16H18Br2N2O/c1-3-13-7-11(10-19-4-2)8-16(20-13)21-15-6-5-12(17)9-14(15)18/h5-9,19H,3-4,10H2,1-2H3. The van der Waals surface area contributed by atoms with E-state index in [-0.39, 0.29) is 0 Å². The van der Waals surface area contributed by atoms with Crippen LogP contribution in [0.3, 0.4) is 0 Å². The minimum atomic E-state index is 0.630. The van der Waals surface area contributed by atoms with Gasteiger partial charge in [0.2, 0.25) is 5.88 Å². The molecular weight excluding hydrogens is 396 g/mol. The zero-order valence-electron chi connectivity index (χ0n) is 12.1. The van der Waals surface area contributed by atoms with Crippen molar-refractivity contribution in [3.8, 4) is 11.6 Å². The van der Waals surface area contributed by atoms with Crippen molar-refractivity contribution in [1.29, 1.82) is 0 Å². The lowest BCUT2D eigenvalue weighted by molar-refractivity contribution is 0.456. The summed E-state index contributed by atoms with van der Waals surface area (Å²) < 4.78 is 7.82. The first kappa shape index (κ1) is 16.5. The molecule has 3 nitrogen and oxygen atoms in total. The maximum absolute atomic E-state index is 5.92. The van der Waals surface area contributed by atoms with E-state index in [1.807, 2.05) is 24.3 Å². The number of aromatic nitrogens is 1. The highest BCUT2D eigenvalue weighted by molar-refractivity contribution is 9.11.